The molecule has 0 bridgehead atoms. The van der Waals surface area contributed by atoms with Crippen molar-refractivity contribution < 1.29 is 17.9 Å². The molecule has 0 spiro atoms. The normalized spacial score (nSPS) is 20.0. The van der Waals surface area contributed by atoms with Crippen molar-refractivity contribution >= 4 is 16.1 Å². The zero-order chi connectivity index (χ0) is 17.0. The first-order valence-electron chi connectivity index (χ1n) is 7.52. The fraction of sp³-hybridized carbons (Fsp3) is 0.533. The van der Waals surface area contributed by atoms with Crippen molar-refractivity contribution in [3.05, 3.63) is 24.3 Å². The Labute approximate surface area is 136 Å². The summed E-state index contributed by atoms with van der Waals surface area (Å²) in [6.07, 6.45) is 1.18. The number of sulfonamides is 1. The number of likely N-dealkylation sites (N-methyl/N-ethyl adjacent to an activating group) is 1. The van der Waals surface area contributed by atoms with Crippen molar-refractivity contribution in [2.75, 3.05) is 26.7 Å². The molecule has 1 aromatic carbocycles. The van der Waals surface area contributed by atoms with Gasteiger partial charge in [0.25, 0.3) is 0 Å². The Balaban J connectivity index is 1.70. The molecule has 0 heterocycles. The number of hydrogen-bond donors (Lipinski definition) is 2. The summed E-state index contributed by atoms with van der Waals surface area (Å²) in [6, 6.07) is 5.73. The molecule has 0 radical (unpaired) electrons. The quantitative estimate of drug-likeness (QED) is 0.772. The Bertz CT molecular complexity index is 645. The van der Waals surface area contributed by atoms with Gasteiger partial charge in [-0.25, -0.2) is 18.4 Å². The molecule has 7 nitrogen and oxygen atoms in total. The number of nitrogens with zero attached hydrogens (tertiary/aromatic N) is 1. The monoisotopic (exact) mass is 341 g/mol. The van der Waals surface area contributed by atoms with Crippen LogP contribution < -0.4 is 15.2 Å². The van der Waals surface area contributed by atoms with Gasteiger partial charge in [0.1, 0.15) is 12.4 Å². The van der Waals surface area contributed by atoms with E-state index in [0.717, 1.165) is 6.54 Å². The third-order valence-corrected chi connectivity index (χ3v) is 4.92. The van der Waals surface area contributed by atoms with E-state index in [9.17, 15) is 13.2 Å². The molecule has 0 aromatic heterocycles. The molecule has 2 rings (SSSR count). The van der Waals surface area contributed by atoms with E-state index in [1.54, 1.807) is 11.9 Å². The average Bonchev–Trinajstić information content (AvgIpc) is 3.20. The molecule has 128 valence electrons. The lowest BCUT2D eigenvalue weighted by atomic mass is 10.3. The van der Waals surface area contributed by atoms with Crippen LogP contribution in [0.3, 0.4) is 0 Å². The largest absolute Gasteiger partial charge is 0.492 e. The highest BCUT2D eigenvalue weighted by atomic mass is 32.2. The van der Waals surface area contributed by atoms with Crippen LogP contribution in [0.2, 0.25) is 0 Å². The summed E-state index contributed by atoms with van der Waals surface area (Å²) in [6.45, 7) is 3.65. The van der Waals surface area contributed by atoms with Crippen LogP contribution in [0.25, 0.3) is 0 Å². The standard InChI is InChI=1S/C15H23N3O4S/c1-11-9-12(11)10-17-15(19)18(2)7-8-22-13-3-5-14(6-4-13)23(16,20)21/h3-6,11-12H,7-10H2,1-2H3,(H,17,19)(H2,16,20,21). The minimum Gasteiger partial charge on any atom is -0.492 e. The van der Waals surface area contributed by atoms with Gasteiger partial charge in [0, 0.05) is 13.6 Å². The lowest BCUT2D eigenvalue weighted by molar-refractivity contribution is 0.195. The van der Waals surface area contributed by atoms with Crippen molar-refractivity contribution in [3.63, 3.8) is 0 Å². The molecule has 1 aliphatic carbocycles. The molecule has 8 heteroatoms. The maximum Gasteiger partial charge on any atom is 0.317 e. The molecule has 1 fully saturated rings. The van der Waals surface area contributed by atoms with Crippen molar-refractivity contribution in [1.82, 2.24) is 10.2 Å². The summed E-state index contributed by atoms with van der Waals surface area (Å²) < 4.78 is 27.8. The predicted molar refractivity (Wildman–Crippen MR) is 86.6 cm³/mol. The summed E-state index contributed by atoms with van der Waals surface area (Å²) in [7, 11) is -1.99. The number of amides is 2. The summed E-state index contributed by atoms with van der Waals surface area (Å²) in [5.74, 6) is 1.85. The Kier molecular flexibility index (Phi) is 5.48. The minimum atomic E-state index is -3.69. The fourth-order valence-electron chi connectivity index (χ4n) is 2.16. The third-order valence-electron chi connectivity index (χ3n) is 3.99. The predicted octanol–water partition coefficient (Wildman–Crippen LogP) is 1.01. The number of primary sulfonamides is 1. The highest BCUT2D eigenvalue weighted by Crippen LogP contribution is 2.36. The molecule has 0 aliphatic heterocycles. The number of nitrogens with two attached hydrogens (primary N) is 1. The van der Waals surface area contributed by atoms with Crippen LogP contribution in [-0.4, -0.2) is 46.1 Å². The summed E-state index contributed by atoms with van der Waals surface area (Å²) in [5.41, 5.74) is 0. The molecular weight excluding hydrogens is 318 g/mol. The van der Waals surface area contributed by atoms with Gasteiger partial charge in [0.15, 0.2) is 0 Å². The first-order chi connectivity index (χ1) is 10.8. The van der Waals surface area contributed by atoms with Crippen LogP contribution in [0, 0.1) is 11.8 Å². The van der Waals surface area contributed by atoms with E-state index in [1.807, 2.05) is 0 Å². The third kappa shape index (κ3) is 5.40. The van der Waals surface area contributed by atoms with Crippen molar-refractivity contribution in [3.8, 4) is 5.75 Å². The highest BCUT2D eigenvalue weighted by molar-refractivity contribution is 7.89. The zero-order valence-corrected chi connectivity index (χ0v) is 14.2. The van der Waals surface area contributed by atoms with Crippen molar-refractivity contribution in [2.45, 2.75) is 18.2 Å². The second-order valence-electron chi connectivity index (χ2n) is 5.95. The highest BCUT2D eigenvalue weighted by Gasteiger charge is 2.32. The van der Waals surface area contributed by atoms with Gasteiger partial charge in [-0.1, -0.05) is 6.92 Å². The van der Waals surface area contributed by atoms with Crippen LogP contribution >= 0.6 is 0 Å². The van der Waals surface area contributed by atoms with Crippen LogP contribution in [0.5, 0.6) is 5.75 Å². The number of ether oxygens (including phenoxy) is 1. The smallest absolute Gasteiger partial charge is 0.317 e. The topological polar surface area (TPSA) is 102 Å². The summed E-state index contributed by atoms with van der Waals surface area (Å²) in [5, 5.41) is 7.92. The Morgan fingerprint density at radius 2 is 2.00 bits per heavy atom. The van der Waals surface area contributed by atoms with Gasteiger partial charge in [-0.3, -0.25) is 0 Å². The first kappa shape index (κ1) is 17.6. The van der Waals surface area contributed by atoms with Crippen molar-refractivity contribution in [1.29, 1.82) is 0 Å². The van der Waals surface area contributed by atoms with Gasteiger partial charge in [-0.2, -0.15) is 0 Å². The van der Waals surface area contributed by atoms with Gasteiger partial charge in [-0.05, 0) is 42.5 Å². The number of rotatable bonds is 7. The second kappa shape index (κ2) is 7.18. The lowest BCUT2D eigenvalue weighted by Gasteiger charge is -2.18. The van der Waals surface area contributed by atoms with Crippen LogP contribution in [-0.2, 0) is 10.0 Å². The molecule has 1 saturated carbocycles. The average molecular weight is 341 g/mol. The van der Waals surface area contributed by atoms with Crippen molar-refractivity contribution in [2.24, 2.45) is 17.0 Å². The van der Waals surface area contributed by atoms with Gasteiger partial charge < -0.3 is 15.0 Å². The maximum absolute atomic E-state index is 11.9. The second-order valence-corrected chi connectivity index (χ2v) is 7.51. The number of carbonyl (C=O) groups excluding carboxylic acids is 1. The van der Waals surface area contributed by atoms with E-state index >= 15 is 0 Å². The van der Waals surface area contributed by atoms with Crippen LogP contribution in [0.4, 0.5) is 4.79 Å². The van der Waals surface area contributed by atoms with E-state index in [4.69, 9.17) is 9.88 Å². The zero-order valence-electron chi connectivity index (χ0n) is 13.4. The van der Waals surface area contributed by atoms with E-state index in [-0.39, 0.29) is 10.9 Å². The van der Waals surface area contributed by atoms with E-state index < -0.39 is 10.0 Å². The summed E-state index contributed by atoms with van der Waals surface area (Å²) in [4.78, 5) is 13.5. The van der Waals surface area contributed by atoms with Gasteiger partial charge >= 0.3 is 6.03 Å². The Morgan fingerprint density at radius 1 is 1.39 bits per heavy atom. The Morgan fingerprint density at radius 3 is 2.52 bits per heavy atom. The van der Waals surface area contributed by atoms with Crippen LogP contribution in [0.15, 0.2) is 29.2 Å². The van der Waals surface area contributed by atoms with Gasteiger partial charge in [0.2, 0.25) is 10.0 Å². The molecule has 1 aromatic rings. The van der Waals surface area contributed by atoms with Gasteiger partial charge in [-0.15, -0.1) is 0 Å². The van der Waals surface area contributed by atoms with Gasteiger partial charge in [0.05, 0.1) is 11.4 Å². The molecule has 0 saturated heterocycles. The van der Waals surface area contributed by atoms with E-state index in [0.29, 0.717) is 30.7 Å². The minimum absolute atomic E-state index is 0.0376. The van der Waals surface area contributed by atoms with Crippen LogP contribution in [0.1, 0.15) is 13.3 Å². The molecule has 2 atom stereocenters. The molecule has 23 heavy (non-hydrogen) atoms. The maximum atomic E-state index is 11.9. The SMILES string of the molecule is CC1CC1CNC(=O)N(C)CCOc1ccc(S(N)(=O)=O)cc1. The molecule has 2 unspecified atom stereocenters. The lowest BCUT2D eigenvalue weighted by Crippen LogP contribution is -2.40. The summed E-state index contributed by atoms with van der Waals surface area (Å²) >= 11 is 0. The number of benzene rings is 1. The fourth-order valence-corrected chi connectivity index (χ4v) is 2.68. The Hall–Kier alpha value is -1.80. The number of hydrogen-bond acceptors (Lipinski definition) is 4. The number of urea groups is 1. The number of nitrogens with one attached hydrogen (secondary N) is 1. The number of carbonyl (C=O) groups is 1. The molecule has 3 N–H and O–H groups in total. The molecule has 1 aliphatic rings. The van der Waals surface area contributed by atoms with E-state index in [1.165, 1.54) is 30.7 Å². The molecule has 2 amide bonds. The molecular formula is C15H23N3O4S. The first-order valence-corrected chi connectivity index (χ1v) is 9.06. The van der Waals surface area contributed by atoms with E-state index in [2.05, 4.69) is 12.2 Å².